The number of hydrogen-bond donors (Lipinski definition) is 0. The van der Waals surface area contributed by atoms with Crippen LogP contribution < -0.4 is 0 Å². The summed E-state index contributed by atoms with van der Waals surface area (Å²) in [5.41, 5.74) is 0.0370. The minimum Gasteiger partial charge on any atom is -0.380 e. The van der Waals surface area contributed by atoms with Gasteiger partial charge in [-0.2, -0.15) is 0 Å². The van der Waals surface area contributed by atoms with E-state index in [1.54, 1.807) is 0 Å². The quantitative estimate of drug-likeness (QED) is 0.519. The van der Waals surface area contributed by atoms with Crippen molar-refractivity contribution < 1.29 is 18.9 Å². The summed E-state index contributed by atoms with van der Waals surface area (Å²) in [5.74, 6) is 1.01. The van der Waals surface area contributed by atoms with E-state index in [1.807, 2.05) is 0 Å². The summed E-state index contributed by atoms with van der Waals surface area (Å²) in [4.78, 5) is 0. The van der Waals surface area contributed by atoms with Crippen LogP contribution in [-0.2, 0) is 18.9 Å². The molecule has 0 aromatic rings. The number of ether oxygens (including phenoxy) is 4. The number of epoxide rings is 1. The first-order valence-corrected chi connectivity index (χ1v) is 8.19. The van der Waals surface area contributed by atoms with Crippen LogP contribution in [0, 0.1) is 17.3 Å². The molecule has 0 spiro atoms. The summed E-state index contributed by atoms with van der Waals surface area (Å²) in [7, 11) is 0. The van der Waals surface area contributed by atoms with Crippen molar-refractivity contribution in [2.75, 3.05) is 39.6 Å². The molecule has 0 amide bonds. The predicted octanol–water partition coefficient (Wildman–Crippen LogP) is 3.14. The monoisotopic (exact) mass is 302 g/mol. The molecule has 21 heavy (non-hydrogen) atoms. The molecular formula is C17H34O4. The Morgan fingerprint density at radius 3 is 2.19 bits per heavy atom. The van der Waals surface area contributed by atoms with Gasteiger partial charge in [0.1, 0.15) is 6.10 Å². The van der Waals surface area contributed by atoms with E-state index in [4.69, 9.17) is 18.9 Å². The van der Waals surface area contributed by atoms with Gasteiger partial charge < -0.3 is 18.9 Å². The molecule has 4 nitrogen and oxygen atoms in total. The largest absolute Gasteiger partial charge is 0.380 e. The van der Waals surface area contributed by atoms with E-state index in [-0.39, 0.29) is 11.5 Å². The van der Waals surface area contributed by atoms with Gasteiger partial charge in [-0.3, -0.25) is 0 Å². The molecule has 0 radical (unpaired) electrons. The van der Waals surface area contributed by atoms with Crippen molar-refractivity contribution >= 4 is 0 Å². The summed E-state index contributed by atoms with van der Waals surface area (Å²) in [6.45, 7) is 17.4. The van der Waals surface area contributed by atoms with Crippen molar-refractivity contribution in [3.63, 3.8) is 0 Å². The Bertz CT molecular complexity index is 272. The highest BCUT2D eigenvalue weighted by Gasteiger charge is 2.25. The second kappa shape index (κ2) is 9.09. The maximum absolute atomic E-state index is 5.94. The number of rotatable bonds is 12. The molecule has 0 bridgehead atoms. The molecule has 1 rings (SSSR count). The maximum atomic E-state index is 5.94. The molecule has 1 saturated heterocycles. The highest BCUT2D eigenvalue weighted by molar-refractivity contribution is 4.71. The minimum atomic E-state index is 0.0370. The third kappa shape index (κ3) is 9.46. The first-order chi connectivity index (χ1) is 9.80. The molecule has 4 heteroatoms. The average Bonchev–Trinajstić information content (AvgIpc) is 3.16. The Labute approximate surface area is 130 Å². The number of hydrogen-bond acceptors (Lipinski definition) is 4. The van der Waals surface area contributed by atoms with Gasteiger partial charge in [0.05, 0.1) is 45.7 Å². The fraction of sp³-hybridized carbons (Fsp3) is 1.00. The van der Waals surface area contributed by atoms with Crippen LogP contribution in [0.5, 0.6) is 0 Å². The Balaban J connectivity index is 2.17. The predicted molar refractivity (Wildman–Crippen MR) is 84.6 cm³/mol. The standard InChI is InChI=1S/C17H34O4/c1-13(2)15(8-20-14(3)4)7-18-11-17(5,6)12-19-9-16-10-21-16/h13-16H,7-12H2,1-6H3. The van der Waals surface area contributed by atoms with Crippen LogP contribution in [0.25, 0.3) is 0 Å². The second-order valence-electron chi connectivity index (χ2n) is 7.54. The molecule has 1 heterocycles. The van der Waals surface area contributed by atoms with Crippen molar-refractivity contribution in [1.82, 2.24) is 0 Å². The molecule has 2 atom stereocenters. The van der Waals surface area contributed by atoms with Crippen LogP contribution in [0.2, 0.25) is 0 Å². The van der Waals surface area contributed by atoms with Crippen molar-refractivity contribution in [2.45, 2.75) is 53.8 Å². The second-order valence-corrected chi connectivity index (χ2v) is 7.54. The first kappa shape index (κ1) is 18.9. The van der Waals surface area contributed by atoms with Gasteiger partial charge in [0.15, 0.2) is 0 Å². The van der Waals surface area contributed by atoms with Gasteiger partial charge in [0.25, 0.3) is 0 Å². The molecule has 1 aliphatic rings. The lowest BCUT2D eigenvalue weighted by Crippen LogP contribution is -2.30. The summed E-state index contributed by atoms with van der Waals surface area (Å²) in [6.07, 6.45) is 0.612. The van der Waals surface area contributed by atoms with E-state index in [1.165, 1.54) is 0 Å². The third-order valence-electron chi connectivity index (χ3n) is 3.61. The molecule has 0 N–H and O–H groups in total. The molecule has 1 fully saturated rings. The zero-order chi connectivity index (χ0) is 15.9. The summed E-state index contributed by atoms with van der Waals surface area (Å²) >= 11 is 0. The van der Waals surface area contributed by atoms with Crippen molar-refractivity contribution in [2.24, 2.45) is 17.3 Å². The molecule has 0 aliphatic carbocycles. The maximum Gasteiger partial charge on any atom is 0.104 e. The molecule has 0 aromatic carbocycles. The average molecular weight is 302 g/mol. The molecule has 1 aliphatic heterocycles. The van der Waals surface area contributed by atoms with Crippen LogP contribution in [0.1, 0.15) is 41.5 Å². The summed E-state index contributed by atoms with van der Waals surface area (Å²) in [6, 6.07) is 0. The van der Waals surface area contributed by atoms with E-state index < -0.39 is 0 Å². The van der Waals surface area contributed by atoms with Gasteiger partial charge in [-0.15, -0.1) is 0 Å². The van der Waals surface area contributed by atoms with Gasteiger partial charge in [0, 0.05) is 11.3 Å². The Morgan fingerprint density at radius 2 is 1.67 bits per heavy atom. The van der Waals surface area contributed by atoms with Gasteiger partial charge in [-0.05, 0) is 19.8 Å². The van der Waals surface area contributed by atoms with Crippen molar-refractivity contribution in [3.05, 3.63) is 0 Å². The SMILES string of the molecule is CC(C)OCC(COCC(C)(C)COCC1CO1)C(C)C. The molecule has 0 saturated carbocycles. The molecule has 126 valence electrons. The third-order valence-corrected chi connectivity index (χ3v) is 3.61. The van der Waals surface area contributed by atoms with Crippen LogP contribution in [0.15, 0.2) is 0 Å². The fourth-order valence-corrected chi connectivity index (χ4v) is 1.91. The summed E-state index contributed by atoms with van der Waals surface area (Å²) in [5, 5.41) is 0. The lowest BCUT2D eigenvalue weighted by molar-refractivity contribution is -0.0398. The van der Waals surface area contributed by atoms with Gasteiger partial charge >= 0.3 is 0 Å². The van der Waals surface area contributed by atoms with E-state index in [9.17, 15) is 0 Å². The minimum absolute atomic E-state index is 0.0370. The lowest BCUT2D eigenvalue weighted by atomic mass is 9.95. The van der Waals surface area contributed by atoms with E-state index in [0.717, 1.165) is 19.8 Å². The zero-order valence-corrected chi connectivity index (χ0v) is 14.7. The summed E-state index contributed by atoms with van der Waals surface area (Å²) < 4.78 is 22.5. The fourth-order valence-electron chi connectivity index (χ4n) is 1.91. The lowest BCUT2D eigenvalue weighted by Gasteiger charge is -2.27. The van der Waals surface area contributed by atoms with Crippen molar-refractivity contribution in [1.29, 1.82) is 0 Å². The Morgan fingerprint density at radius 1 is 1.05 bits per heavy atom. The first-order valence-electron chi connectivity index (χ1n) is 8.19. The normalized spacial score (nSPS) is 20.3. The van der Waals surface area contributed by atoms with Crippen LogP contribution in [-0.4, -0.2) is 51.8 Å². The molecule has 2 unspecified atom stereocenters. The Kier molecular flexibility index (Phi) is 8.17. The van der Waals surface area contributed by atoms with E-state index in [2.05, 4.69) is 41.5 Å². The van der Waals surface area contributed by atoms with Gasteiger partial charge in [-0.1, -0.05) is 27.7 Å². The van der Waals surface area contributed by atoms with E-state index in [0.29, 0.717) is 37.8 Å². The van der Waals surface area contributed by atoms with Crippen LogP contribution in [0.4, 0.5) is 0 Å². The highest BCUT2D eigenvalue weighted by atomic mass is 16.6. The van der Waals surface area contributed by atoms with Gasteiger partial charge in [-0.25, -0.2) is 0 Å². The topological polar surface area (TPSA) is 40.2 Å². The van der Waals surface area contributed by atoms with Crippen molar-refractivity contribution in [3.8, 4) is 0 Å². The van der Waals surface area contributed by atoms with Crippen LogP contribution >= 0.6 is 0 Å². The highest BCUT2D eigenvalue weighted by Crippen LogP contribution is 2.20. The van der Waals surface area contributed by atoms with Crippen LogP contribution in [0.3, 0.4) is 0 Å². The zero-order valence-electron chi connectivity index (χ0n) is 14.7. The van der Waals surface area contributed by atoms with Gasteiger partial charge in [0.2, 0.25) is 0 Å². The van der Waals surface area contributed by atoms with E-state index >= 15 is 0 Å². The molecule has 0 aromatic heterocycles. The Hall–Kier alpha value is -0.160. The molecular weight excluding hydrogens is 268 g/mol. The smallest absolute Gasteiger partial charge is 0.104 e.